The number of hydrogen-bond donors (Lipinski definition) is 2. The van der Waals surface area contributed by atoms with Crippen LogP contribution in [0, 0.1) is 13.8 Å². The van der Waals surface area contributed by atoms with Crippen molar-refractivity contribution in [3.8, 4) is 11.4 Å². The Bertz CT molecular complexity index is 1000. The van der Waals surface area contributed by atoms with Crippen molar-refractivity contribution in [2.45, 2.75) is 25.3 Å². The van der Waals surface area contributed by atoms with Gasteiger partial charge in [0.2, 0.25) is 11.6 Å². The predicted octanol–water partition coefficient (Wildman–Crippen LogP) is 2.99. The molecule has 0 aliphatic carbocycles. The van der Waals surface area contributed by atoms with E-state index in [1.54, 1.807) is 36.1 Å². The second-order valence-corrected chi connectivity index (χ2v) is 7.43. The van der Waals surface area contributed by atoms with Crippen LogP contribution >= 0.6 is 11.8 Å². The predicted molar refractivity (Wildman–Crippen MR) is 107 cm³/mol. The number of aromatic nitrogens is 2. The molecule has 1 amide bonds. The lowest BCUT2D eigenvalue weighted by Gasteiger charge is -2.07. The Balaban J connectivity index is 1.62. The first-order valence-electron chi connectivity index (χ1n) is 8.75. The van der Waals surface area contributed by atoms with E-state index in [4.69, 9.17) is 9.26 Å². The van der Waals surface area contributed by atoms with E-state index < -0.39 is 5.63 Å². The average molecular weight is 400 g/mol. The molecule has 1 heterocycles. The first-order valence-corrected chi connectivity index (χ1v) is 9.74. The number of ether oxygens (including phenoxy) is 1. The van der Waals surface area contributed by atoms with Crippen molar-refractivity contribution >= 4 is 23.4 Å². The van der Waals surface area contributed by atoms with E-state index in [1.165, 1.54) is 11.8 Å². The minimum Gasteiger partial charge on any atom is -0.497 e. The molecule has 0 saturated heterocycles. The molecule has 0 radical (unpaired) electrons. The van der Waals surface area contributed by atoms with Gasteiger partial charge in [-0.25, -0.2) is 4.79 Å². The largest absolute Gasteiger partial charge is 0.497 e. The molecule has 2 aromatic carbocycles. The third-order valence-corrected chi connectivity index (χ3v) is 5.04. The van der Waals surface area contributed by atoms with Crippen LogP contribution in [-0.2, 0) is 4.79 Å². The molecule has 2 N–H and O–H groups in total. The lowest BCUT2D eigenvalue weighted by molar-refractivity contribution is -0.704. The summed E-state index contributed by atoms with van der Waals surface area (Å²) >= 11 is 1.26. The van der Waals surface area contributed by atoms with Crippen LogP contribution in [0.1, 0.15) is 17.5 Å². The highest BCUT2D eigenvalue weighted by Gasteiger charge is 2.24. The van der Waals surface area contributed by atoms with Gasteiger partial charge in [-0.05, 0) is 71.0 Å². The minimum atomic E-state index is -0.476. The Hall–Kier alpha value is -3.00. The van der Waals surface area contributed by atoms with Crippen molar-refractivity contribution in [2.24, 2.45) is 0 Å². The number of H-pyrrole nitrogens is 1. The number of thioether (sulfide) groups is 1. The number of amides is 1. The van der Waals surface area contributed by atoms with Gasteiger partial charge < -0.3 is 10.1 Å². The van der Waals surface area contributed by atoms with Gasteiger partial charge in [0.1, 0.15) is 5.75 Å². The number of carbonyl (C=O) groups is 1. The van der Waals surface area contributed by atoms with Crippen LogP contribution in [0.25, 0.3) is 5.69 Å². The van der Waals surface area contributed by atoms with Crippen LogP contribution in [0.3, 0.4) is 0 Å². The normalized spacial score (nSPS) is 10.7. The molecular weight excluding hydrogens is 378 g/mol. The van der Waals surface area contributed by atoms with Crippen molar-refractivity contribution in [1.29, 1.82) is 0 Å². The Morgan fingerprint density at radius 3 is 2.50 bits per heavy atom. The van der Waals surface area contributed by atoms with E-state index in [0.717, 1.165) is 22.5 Å². The van der Waals surface area contributed by atoms with Gasteiger partial charge in [0, 0.05) is 30.0 Å². The van der Waals surface area contributed by atoms with Crippen molar-refractivity contribution in [1.82, 2.24) is 5.27 Å². The zero-order valence-electron chi connectivity index (χ0n) is 15.9. The molecule has 28 heavy (non-hydrogen) atoms. The SMILES string of the molecule is COc1ccc(-[n+]2[nH]oc(=O)c2SCCC(=O)Nc2cc(C)cc(C)c2)cc1. The molecule has 0 saturated carbocycles. The summed E-state index contributed by atoms with van der Waals surface area (Å²) in [4.78, 5) is 24.2. The number of anilines is 1. The molecule has 146 valence electrons. The number of rotatable bonds is 7. The molecule has 7 nitrogen and oxygen atoms in total. The Labute approximate surface area is 166 Å². The first kappa shape index (κ1) is 19.8. The van der Waals surface area contributed by atoms with Crippen molar-refractivity contribution in [3.05, 3.63) is 64.0 Å². The van der Waals surface area contributed by atoms with E-state index in [0.29, 0.717) is 16.5 Å². The van der Waals surface area contributed by atoms with Crippen LogP contribution in [0.15, 0.2) is 56.8 Å². The van der Waals surface area contributed by atoms with Gasteiger partial charge in [0.05, 0.1) is 7.11 Å². The summed E-state index contributed by atoms with van der Waals surface area (Å²) in [5, 5.41) is 5.86. The monoisotopic (exact) mass is 400 g/mol. The Kier molecular flexibility index (Phi) is 6.20. The molecule has 0 aliphatic rings. The molecule has 8 heteroatoms. The van der Waals surface area contributed by atoms with Gasteiger partial charge in [-0.3, -0.25) is 9.32 Å². The number of aryl methyl sites for hydroxylation is 2. The molecule has 0 aliphatic heterocycles. The summed E-state index contributed by atoms with van der Waals surface area (Å²) in [5.41, 5.74) is 3.22. The molecule has 0 unspecified atom stereocenters. The lowest BCUT2D eigenvalue weighted by atomic mass is 10.1. The maximum absolute atomic E-state index is 12.2. The van der Waals surface area contributed by atoms with Gasteiger partial charge in [-0.1, -0.05) is 6.07 Å². The third-order valence-electron chi connectivity index (χ3n) is 4.01. The fourth-order valence-electron chi connectivity index (χ4n) is 2.80. The van der Waals surface area contributed by atoms with Gasteiger partial charge in [-0.2, -0.15) is 0 Å². The first-order chi connectivity index (χ1) is 13.5. The summed E-state index contributed by atoms with van der Waals surface area (Å²) in [7, 11) is 1.59. The quantitative estimate of drug-likeness (QED) is 0.470. The molecule has 0 bridgehead atoms. The number of nitrogens with one attached hydrogen (secondary N) is 2. The van der Waals surface area contributed by atoms with Gasteiger partial charge >= 0.3 is 10.7 Å². The fourth-order valence-corrected chi connectivity index (χ4v) is 3.71. The Morgan fingerprint density at radius 1 is 1.18 bits per heavy atom. The number of methoxy groups -OCH3 is 1. The summed E-state index contributed by atoms with van der Waals surface area (Å²) < 4.78 is 11.6. The van der Waals surface area contributed by atoms with E-state index >= 15 is 0 Å². The molecule has 0 fully saturated rings. The third kappa shape index (κ3) is 4.83. The molecule has 1 aromatic heterocycles. The standard InChI is InChI=1S/C20H21N3O4S/c1-13-10-14(2)12-15(11-13)21-18(24)8-9-28-19-20(25)27-22-23(19)16-4-6-17(26-3)7-5-16/h4-7,10-12H,8-9H2,1-3H3,(H-,21,22,24,25)/p+1. The van der Waals surface area contributed by atoms with Crippen LogP contribution in [0.2, 0.25) is 0 Å². The van der Waals surface area contributed by atoms with E-state index in [1.807, 2.05) is 26.0 Å². The second-order valence-electron chi connectivity index (χ2n) is 6.34. The number of carbonyl (C=O) groups excluding carboxylic acids is 1. The highest BCUT2D eigenvalue weighted by molar-refractivity contribution is 7.99. The summed E-state index contributed by atoms with van der Waals surface area (Å²) in [6.07, 6.45) is 0.269. The van der Waals surface area contributed by atoms with E-state index in [2.05, 4.69) is 16.7 Å². The fraction of sp³-hybridized carbons (Fsp3) is 0.250. The topological polar surface area (TPSA) is 88.2 Å². The van der Waals surface area contributed by atoms with E-state index in [-0.39, 0.29) is 12.3 Å². The smallest absolute Gasteiger partial charge is 0.442 e. The van der Waals surface area contributed by atoms with Crippen LogP contribution in [-0.4, -0.2) is 24.0 Å². The summed E-state index contributed by atoms with van der Waals surface area (Å²) in [6, 6.07) is 13.1. The van der Waals surface area contributed by atoms with Crippen LogP contribution in [0.5, 0.6) is 5.75 Å². The van der Waals surface area contributed by atoms with Gasteiger partial charge in [0.15, 0.2) is 0 Å². The summed E-state index contributed by atoms with van der Waals surface area (Å²) in [6.45, 7) is 3.98. The maximum Gasteiger partial charge on any atom is 0.442 e. The molecule has 3 rings (SSSR count). The zero-order valence-corrected chi connectivity index (χ0v) is 16.8. The number of hydrogen-bond acceptors (Lipinski definition) is 5. The number of aromatic amines is 1. The molecule has 3 aromatic rings. The molecular formula is C20H22N3O4S+. The van der Waals surface area contributed by atoms with E-state index in [9.17, 15) is 9.59 Å². The van der Waals surface area contributed by atoms with Crippen LogP contribution < -0.4 is 20.4 Å². The Morgan fingerprint density at radius 2 is 1.86 bits per heavy atom. The summed E-state index contributed by atoms with van der Waals surface area (Å²) in [5.74, 6) is 1.05. The highest BCUT2D eigenvalue weighted by Crippen LogP contribution is 2.17. The zero-order chi connectivity index (χ0) is 20.1. The van der Waals surface area contributed by atoms with Crippen molar-refractivity contribution < 1.29 is 18.7 Å². The lowest BCUT2D eigenvalue weighted by Crippen LogP contribution is -2.36. The van der Waals surface area contributed by atoms with Crippen molar-refractivity contribution in [2.75, 3.05) is 18.2 Å². The van der Waals surface area contributed by atoms with Crippen molar-refractivity contribution in [3.63, 3.8) is 0 Å². The number of benzene rings is 2. The molecule has 0 atom stereocenters. The highest BCUT2D eigenvalue weighted by atomic mass is 32.2. The second kappa shape index (κ2) is 8.79. The average Bonchev–Trinajstić information content (AvgIpc) is 3.01. The molecule has 0 spiro atoms. The number of nitrogens with zero attached hydrogens (tertiary/aromatic N) is 1. The van der Waals surface area contributed by atoms with Gasteiger partial charge in [-0.15, -0.1) is 0 Å². The minimum absolute atomic E-state index is 0.103. The van der Waals surface area contributed by atoms with Gasteiger partial charge in [0.25, 0.3) is 0 Å². The maximum atomic E-state index is 12.2. The van der Waals surface area contributed by atoms with Crippen LogP contribution in [0.4, 0.5) is 5.69 Å².